The minimum absolute atomic E-state index is 0.0458. The number of nitrogens with one attached hydrogen (secondary N) is 1. The van der Waals surface area contributed by atoms with Gasteiger partial charge in [-0.1, -0.05) is 30.3 Å². The summed E-state index contributed by atoms with van der Waals surface area (Å²) in [5.41, 5.74) is 1.09. The molecule has 3 heteroatoms. The molecule has 0 fully saturated rings. The van der Waals surface area contributed by atoms with Gasteiger partial charge in [0.1, 0.15) is 0 Å². The second-order valence-corrected chi connectivity index (χ2v) is 4.45. The van der Waals surface area contributed by atoms with Gasteiger partial charge in [0.25, 0.3) is 0 Å². The summed E-state index contributed by atoms with van der Waals surface area (Å²) < 4.78 is 0. The van der Waals surface area contributed by atoms with Crippen molar-refractivity contribution in [1.29, 1.82) is 5.26 Å². The summed E-state index contributed by atoms with van der Waals surface area (Å²) in [6.07, 6.45) is 1.11. The van der Waals surface area contributed by atoms with Crippen LogP contribution in [0.25, 0.3) is 0 Å². The van der Waals surface area contributed by atoms with E-state index >= 15 is 0 Å². The van der Waals surface area contributed by atoms with Gasteiger partial charge >= 0.3 is 0 Å². The predicted octanol–water partition coefficient (Wildman–Crippen LogP) is 1.84. The highest BCUT2D eigenvalue weighted by Gasteiger charge is 2.08. The van der Waals surface area contributed by atoms with E-state index in [1.165, 1.54) is 0 Å². The van der Waals surface area contributed by atoms with E-state index in [-0.39, 0.29) is 5.92 Å². The third kappa shape index (κ3) is 5.48. The molecule has 1 rings (SSSR count). The van der Waals surface area contributed by atoms with Crippen LogP contribution in [-0.4, -0.2) is 38.6 Å². The van der Waals surface area contributed by atoms with Crippen molar-refractivity contribution in [3.8, 4) is 6.07 Å². The Morgan fingerprint density at radius 3 is 2.59 bits per heavy atom. The van der Waals surface area contributed by atoms with Crippen molar-refractivity contribution >= 4 is 0 Å². The summed E-state index contributed by atoms with van der Waals surface area (Å²) >= 11 is 0. The second-order valence-electron chi connectivity index (χ2n) is 4.45. The Labute approximate surface area is 104 Å². The molecule has 1 aromatic carbocycles. The minimum atomic E-state index is -0.0458. The van der Waals surface area contributed by atoms with Crippen LogP contribution in [0.3, 0.4) is 0 Å². The first-order chi connectivity index (χ1) is 8.24. The van der Waals surface area contributed by atoms with Crippen molar-refractivity contribution in [3.05, 3.63) is 35.9 Å². The summed E-state index contributed by atoms with van der Waals surface area (Å²) in [6.45, 7) is 2.77. The van der Waals surface area contributed by atoms with Gasteiger partial charge in [-0.3, -0.25) is 0 Å². The molecule has 92 valence electrons. The highest BCUT2D eigenvalue weighted by molar-refractivity contribution is 5.24. The van der Waals surface area contributed by atoms with Crippen LogP contribution in [0.2, 0.25) is 0 Å². The standard InChI is InChI=1S/C14H21N3/c1-17(2)10-6-9-16-12-14(11-15)13-7-4-3-5-8-13/h3-5,7-8,14,16H,6,9-10,12H2,1-2H3. The van der Waals surface area contributed by atoms with Crippen LogP contribution >= 0.6 is 0 Å². The molecule has 1 unspecified atom stereocenters. The molecule has 0 aliphatic rings. The summed E-state index contributed by atoms with van der Waals surface area (Å²) in [5.74, 6) is -0.0458. The van der Waals surface area contributed by atoms with Gasteiger partial charge in [0.2, 0.25) is 0 Å². The van der Waals surface area contributed by atoms with Crippen molar-refractivity contribution in [3.63, 3.8) is 0 Å². The smallest absolute Gasteiger partial charge is 0.0837 e. The van der Waals surface area contributed by atoms with Crippen LogP contribution < -0.4 is 5.32 Å². The van der Waals surface area contributed by atoms with Crippen molar-refractivity contribution < 1.29 is 0 Å². The Morgan fingerprint density at radius 2 is 2.00 bits per heavy atom. The Bertz CT molecular complexity index is 340. The number of rotatable bonds is 7. The molecule has 0 aliphatic heterocycles. The maximum atomic E-state index is 9.13. The molecule has 0 heterocycles. The molecule has 0 spiro atoms. The maximum Gasteiger partial charge on any atom is 0.0837 e. The lowest BCUT2D eigenvalue weighted by molar-refractivity contribution is 0.394. The molecule has 1 atom stereocenters. The van der Waals surface area contributed by atoms with Gasteiger partial charge in [-0.2, -0.15) is 5.26 Å². The number of nitrogens with zero attached hydrogens (tertiary/aromatic N) is 2. The van der Waals surface area contributed by atoms with Crippen LogP contribution in [0.1, 0.15) is 17.9 Å². The molecule has 0 aromatic heterocycles. The van der Waals surface area contributed by atoms with Crippen LogP contribution in [0, 0.1) is 11.3 Å². The Balaban J connectivity index is 2.27. The van der Waals surface area contributed by atoms with E-state index in [9.17, 15) is 0 Å². The van der Waals surface area contributed by atoms with Gasteiger partial charge in [-0.25, -0.2) is 0 Å². The van der Waals surface area contributed by atoms with E-state index in [1.54, 1.807) is 0 Å². The van der Waals surface area contributed by atoms with E-state index < -0.39 is 0 Å². The summed E-state index contributed by atoms with van der Waals surface area (Å²) in [4.78, 5) is 2.17. The van der Waals surface area contributed by atoms with E-state index in [1.807, 2.05) is 30.3 Å². The lowest BCUT2D eigenvalue weighted by atomic mass is 10.0. The number of nitriles is 1. The molecule has 0 radical (unpaired) electrons. The molecule has 0 saturated carbocycles. The normalized spacial score (nSPS) is 12.4. The van der Waals surface area contributed by atoms with Crippen LogP contribution in [0.5, 0.6) is 0 Å². The van der Waals surface area contributed by atoms with Crippen LogP contribution in [-0.2, 0) is 0 Å². The average molecular weight is 231 g/mol. The molecule has 0 saturated heterocycles. The topological polar surface area (TPSA) is 39.1 Å². The molecule has 3 nitrogen and oxygen atoms in total. The van der Waals surface area contributed by atoms with Gasteiger partial charge < -0.3 is 10.2 Å². The zero-order chi connectivity index (χ0) is 12.5. The number of hydrogen-bond acceptors (Lipinski definition) is 3. The quantitative estimate of drug-likeness (QED) is 0.728. The molecule has 0 aliphatic carbocycles. The van der Waals surface area contributed by atoms with Crippen molar-refractivity contribution in [2.75, 3.05) is 33.7 Å². The monoisotopic (exact) mass is 231 g/mol. The molecule has 0 amide bonds. The van der Waals surface area contributed by atoms with E-state index in [0.29, 0.717) is 0 Å². The molecule has 1 N–H and O–H groups in total. The first-order valence-electron chi connectivity index (χ1n) is 6.04. The van der Waals surface area contributed by atoms with Crippen LogP contribution in [0.15, 0.2) is 30.3 Å². The highest BCUT2D eigenvalue weighted by Crippen LogP contribution is 2.12. The highest BCUT2D eigenvalue weighted by atomic mass is 15.1. The van der Waals surface area contributed by atoms with Crippen molar-refractivity contribution in [1.82, 2.24) is 10.2 Å². The first kappa shape index (κ1) is 13.7. The third-order valence-corrected chi connectivity index (χ3v) is 2.67. The summed E-state index contributed by atoms with van der Waals surface area (Å²) in [7, 11) is 4.14. The first-order valence-corrected chi connectivity index (χ1v) is 6.04. The molecular weight excluding hydrogens is 210 g/mol. The zero-order valence-electron chi connectivity index (χ0n) is 10.7. The van der Waals surface area contributed by atoms with Gasteiger partial charge in [-0.05, 0) is 39.2 Å². The fourth-order valence-electron chi connectivity index (χ4n) is 1.69. The van der Waals surface area contributed by atoms with Crippen molar-refractivity contribution in [2.24, 2.45) is 0 Å². The Morgan fingerprint density at radius 1 is 1.29 bits per heavy atom. The fourth-order valence-corrected chi connectivity index (χ4v) is 1.69. The summed E-state index contributed by atoms with van der Waals surface area (Å²) in [6, 6.07) is 12.3. The second kappa shape index (κ2) is 7.83. The molecule has 1 aromatic rings. The third-order valence-electron chi connectivity index (χ3n) is 2.67. The van der Waals surface area contributed by atoms with Gasteiger partial charge in [0.05, 0.1) is 12.0 Å². The van der Waals surface area contributed by atoms with Crippen molar-refractivity contribution in [2.45, 2.75) is 12.3 Å². The lowest BCUT2D eigenvalue weighted by Gasteiger charge is -2.12. The fraction of sp³-hybridized carbons (Fsp3) is 0.500. The minimum Gasteiger partial charge on any atom is -0.315 e. The number of benzene rings is 1. The lowest BCUT2D eigenvalue weighted by Crippen LogP contribution is -2.25. The van der Waals surface area contributed by atoms with Crippen LogP contribution in [0.4, 0.5) is 0 Å². The average Bonchev–Trinajstić information content (AvgIpc) is 2.34. The maximum absolute atomic E-state index is 9.13. The molecular formula is C14H21N3. The Hall–Kier alpha value is -1.37. The SMILES string of the molecule is CN(C)CCCNCC(C#N)c1ccccc1. The van der Waals surface area contributed by atoms with Gasteiger partial charge in [0.15, 0.2) is 0 Å². The van der Waals surface area contributed by atoms with E-state index in [2.05, 4.69) is 30.4 Å². The molecule has 17 heavy (non-hydrogen) atoms. The molecule has 0 bridgehead atoms. The summed E-state index contributed by atoms with van der Waals surface area (Å²) in [5, 5.41) is 12.5. The number of hydrogen-bond donors (Lipinski definition) is 1. The predicted molar refractivity (Wildman–Crippen MR) is 70.8 cm³/mol. The van der Waals surface area contributed by atoms with Gasteiger partial charge in [0, 0.05) is 6.54 Å². The van der Waals surface area contributed by atoms with Gasteiger partial charge in [-0.15, -0.1) is 0 Å². The van der Waals surface area contributed by atoms with E-state index in [0.717, 1.165) is 31.6 Å². The largest absolute Gasteiger partial charge is 0.315 e. The van der Waals surface area contributed by atoms with E-state index in [4.69, 9.17) is 5.26 Å². The zero-order valence-corrected chi connectivity index (χ0v) is 10.7. The Kier molecular flexibility index (Phi) is 6.31.